The topological polar surface area (TPSA) is 67.2 Å². The lowest BCUT2D eigenvalue weighted by Gasteiger charge is -1.89. The summed E-state index contributed by atoms with van der Waals surface area (Å²) in [7, 11) is 0. The highest BCUT2D eigenvalue weighted by Crippen LogP contribution is 1.55. The van der Waals surface area contributed by atoms with Gasteiger partial charge in [-0.25, -0.2) is 4.79 Å². The van der Waals surface area contributed by atoms with Crippen LogP contribution in [0.1, 0.15) is 0 Å². The van der Waals surface area contributed by atoms with Crippen LogP contribution in [-0.2, 0) is 0 Å². The maximum atomic E-state index is 9.62. The molecule has 4 N–H and O–H groups in total. The summed E-state index contributed by atoms with van der Waals surface area (Å²) in [5.74, 6) is 0. The number of nitrogens with one attached hydrogen (secondary N) is 2. The van der Waals surface area contributed by atoms with Gasteiger partial charge in [0.25, 0.3) is 0 Å². The Labute approximate surface area is 43.4 Å². The monoisotopic (exact) mass is 153 g/mol. The van der Waals surface area contributed by atoms with Gasteiger partial charge in [-0.3, -0.25) is 5.43 Å². The summed E-state index contributed by atoms with van der Waals surface area (Å²) < 4.78 is 2.16. The smallest absolute Gasteiger partial charge is 0.327 e. The van der Waals surface area contributed by atoms with Crippen LogP contribution in [0.25, 0.3) is 0 Å². The van der Waals surface area contributed by atoms with E-state index < -0.39 is 6.03 Å². The minimum atomic E-state index is -0.619. The van der Waals surface area contributed by atoms with Gasteiger partial charge in [0.15, 0.2) is 0 Å². The molecule has 0 rings (SSSR count). The summed E-state index contributed by atoms with van der Waals surface area (Å²) in [4.78, 5) is 9.62. The average molecular weight is 154 g/mol. The lowest BCUT2D eigenvalue weighted by atomic mass is 11.2. The number of halogens is 1. The average Bonchev–Trinajstić information content (AvgIpc) is 1.35. The molecule has 0 fully saturated rings. The molecular weight excluding hydrogens is 150 g/mol. The van der Waals surface area contributed by atoms with Gasteiger partial charge in [-0.1, -0.05) is 0 Å². The highest BCUT2D eigenvalue weighted by molar-refractivity contribution is 9.08. The second kappa shape index (κ2) is 2.92. The normalized spacial score (nSPS) is 7.50. The van der Waals surface area contributed by atoms with Crippen LogP contribution in [0.15, 0.2) is 0 Å². The number of carbonyl (C=O) groups excluding carboxylic acids is 1. The molecule has 4 nitrogen and oxygen atoms in total. The first kappa shape index (κ1) is 5.71. The van der Waals surface area contributed by atoms with E-state index in [-0.39, 0.29) is 0 Å². The molecule has 0 aliphatic heterocycles. The zero-order chi connectivity index (χ0) is 4.99. The first-order valence-electron chi connectivity index (χ1n) is 1.18. The number of rotatable bonds is 1. The van der Waals surface area contributed by atoms with Gasteiger partial charge in [-0.2, -0.15) is 4.45 Å². The van der Waals surface area contributed by atoms with Gasteiger partial charge in [-0.15, -0.1) is 0 Å². The Morgan fingerprint density at radius 1 is 1.83 bits per heavy atom. The van der Waals surface area contributed by atoms with Crippen molar-refractivity contribution in [2.75, 3.05) is 0 Å². The minimum Gasteiger partial charge on any atom is -0.351 e. The van der Waals surface area contributed by atoms with Crippen LogP contribution in [0.2, 0.25) is 0 Å². The highest BCUT2D eigenvalue weighted by atomic mass is 79.9. The largest absolute Gasteiger partial charge is 0.351 e. The van der Waals surface area contributed by atoms with Crippen LogP contribution in [0, 0.1) is 0 Å². The molecule has 6 heavy (non-hydrogen) atoms. The molecule has 0 saturated carbocycles. The maximum Gasteiger partial charge on any atom is 0.327 e. The van der Waals surface area contributed by atoms with E-state index in [1.165, 1.54) is 0 Å². The van der Waals surface area contributed by atoms with E-state index in [0.717, 1.165) is 0 Å². The predicted octanol–water partition coefficient (Wildman–Crippen LogP) is -0.531. The zero-order valence-electron chi connectivity index (χ0n) is 2.86. The molecule has 0 atom stereocenters. The fourth-order valence-electron chi connectivity index (χ4n) is 0.0466. The molecular formula is CH4BrN3O. The fraction of sp³-hybridized carbons (Fsp3) is 0. The molecule has 0 aromatic rings. The summed E-state index contributed by atoms with van der Waals surface area (Å²) in [6.07, 6.45) is 0. The molecule has 0 spiro atoms. The summed E-state index contributed by atoms with van der Waals surface area (Å²) >= 11 is 2.69. The van der Waals surface area contributed by atoms with Gasteiger partial charge < -0.3 is 5.73 Å². The Hall–Kier alpha value is -0.290. The van der Waals surface area contributed by atoms with Crippen molar-refractivity contribution in [2.24, 2.45) is 5.73 Å². The van der Waals surface area contributed by atoms with Crippen molar-refractivity contribution in [3.05, 3.63) is 0 Å². The zero-order valence-corrected chi connectivity index (χ0v) is 4.45. The number of primary amides is 1. The lowest BCUT2D eigenvalue weighted by Crippen LogP contribution is -2.34. The van der Waals surface area contributed by atoms with E-state index in [9.17, 15) is 4.79 Å². The fourth-order valence-corrected chi connectivity index (χ4v) is 0.242. The number of urea groups is 1. The number of nitrogens with two attached hydrogens (primary N) is 1. The Balaban J connectivity index is 2.83. The van der Waals surface area contributed by atoms with Gasteiger partial charge in [0, 0.05) is 16.1 Å². The molecule has 0 aliphatic rings. The number of hydrogen-bond donors (Lipinski definition) is 3. The van der Waals surface area contributed by atoms with Gasteiger partial charge >= 0.3 is 6.03 Å². The van der Waals surface area contributed by atoms with Crippen molar-refractivity contribution in [2.45, 2.75) is 0 Å². The van der Waals surface area contributed by atoms with Gasteiger partial charge in [0.05, 0.1) is 0 Å². The Morgan fingerprint density at radius 2 is 2.33 bits per heavy atom. The molecule has 0 bridgehead atoms. The third-order valence-electron chi connectivity index (χ3n) is 0.170. The van der Waals surface area contributed by atoms with E-state index in [2.05, 4.69) is 26.3 Å². The van der Waals surface area contributed by atoms with E-state index in [1.54, 1.807) is 0 Å². The highest BCUT2D eigenvalue weighted by Gasteiger charge is 1.79. The van der Waals surface area contributed by atoms with Gasteiger partial charge in [0.1, 0.15) is 0 Å². The maximum absolute atomic E-state index is 9.62. The molecule has 5 heteroatoms. The SMILES string of the molecule is NC(=O)NNBr. The van der Waals surface area contributed by atoms with Crippen molar-refractivity contribution < 1.29 is 4.79 Å². The van der Waals surface area contributed by atoms with Gasteiger partial charge in [0.2, 0.25) is 0 Å². The molecule has 0 aliphatic carbocycles. The van der Waals surface area contributed by atoms with Crippen LogP contribution < -0.4 is 15.6 Å². The third kappa shape index (κ3) is 3.71. The number of amides is 2. The van der Waals surface area contributed by atoms with Crippen LogP contribution in [0.4, 0.5) is 4.79 Å². The first-order valence-corrected chi connectivity index (χ1v) is 1.97. The van der Waals surface area contributed by atoms with Crippen molar-refractivity contribution in [1.82, 2.24) is 9.88 Å². The summed E-state index contributed by atoms with van der Waals surface area (Å²) in [5.41, 5.74) is 6.57. The van der Waals surface area contributed by atoms with Crippen LogP contribution >= 0.6 is 16.1 Å². The van der Waals surface area contributed by atoms with E-state index in [0.29, 0.717) is 0 Å². The Kier molecular flexibility index (Phi) is 2.78. The van der Waals surface area contributed by atoms with E-state index in [4.69, 9.17) is 0 Å². The van der Waals surface area contributed by atoms with Crippen molar-refractivity contribution >= 4 is 22.2 Å². The molecule has 36 valence electrons. The number of carbonyl (C=O) groups is 1. The third-order valence-corrected chi connectivity index (χ3v) is 0.369. The van der Waals surface area contributed by atoms with Crippen LogP contribution in [0.5, 0.6) is 0 Å². The first-order chi connectivity index (χ1) is 2.77. The number of hydrogen-bond acceptors (Lipinski definition) is 2. The quantitative estimate of drug-likeness (QED) is 0.351. The summed E-state index contributed by atoms with van der Waals surface area (Å²) in [6, 6.07) is -0.619. The Bertz CT molecular complexity index is 54.8. The standard InChI is InChI=1S/CH4BrN3O/c2-5-4-1(3)6/h5H,(H3,3,4,6). The molecule has 0 saturated heterocycles. The lowest BCUT2D eigenvalue weighted by molar-refractivity contribution is 0.248. The molecule has 2 amide bonds. The van der Waals surface area contributed by atoms with Crippen molar-refractivity contribution in [1.29, 1.82) is 0 Å². The predicted molar refractivity (Wildman–Crippen MR) is 24.8 cm³/mol. The molecule has 0 aromatic carbocycles. The second-order valence-corrected chi connectivity index (χ2v) is 0.980. The minimum absolute atomic E-state index is 0.619. The molecule has 0 unspecified atom stereocenters. The molecule has 0 aromatic heterocycles. The van der Waals surface area contributed by atoms with Crippen LogP contribution in [0.3, 0.4) is 0 Å². The summed E-state index contributed by atoms with van der Waals surface area (Å²) in [5, 5.41) is 0. The van der Waals surface area contributed by atoms with Crippen molar-refractivity contribution in [3.63, 3.8) is 0 Å². The van der Waals surface area contributed by atoms with E-state index >= 15 is 0 Å². The molecule has 0 radical (unpaired) electrons. The number of hydrazine groups is 1. The van der Waals surface area contributed by atoms with Gasteiger partial charge in [-0.05, 0) is 0 Å². The van der Waals surface area contributed by atoms with Crippen molar-refractivity contribution in [3.8, 4) is 0 Å². The summed E-state index contributed by atoms with van der Waals surface area (Å²) in [6.45, 7) is 0. The van der Waals surface area contributed by atoms with Crippen LogP contribution in [-0.4, -0.2) is 6.03 Å². The second-order valence-electron chi connectivity index (χ2n) is 0.584. The van der Waals surface area contributed by atoms with E-state index in [1.807, 2.05) is 5.43 Å². The Morgan fingerprint density at radius 3 is 2.33 bits per heavy atom. The molecule has 0 heterocycles.